The van der Waals surface area contributed by atoms with Crippen LogP contribution >= 0.6 is 0 Å². The molecule has 2 aliphatic heterocycles. The minimum absolute atomic E-state index is 0.228. The van der Waals surface area contributed by atoms with Gasteiger partial charge in [0.05, 0.1) is 0 Å². The zero-order valence-electron chi connectivity index (χ0n) is 19.7. The SMILES string of the molecule is CC(C)C(=O)C1CC2(CCC(N3CCC(N4CCC(C(C)C)CC4)CC3)CC2)C1. The Morgan fingerprint density at radius 1 is 0.759 bits per heavy atom. The van der Waals surface area contributed by atoms with Gasteiger partial charge in [-0.15, -0.1) is 0 Å². The number of likely N-dealkylation sites (tertiary alicyclic amines) is 2. The quantitative estimate of drug-likeness (QED) is 0.616. The molecule has 29 heavy (non-hydrogen) atoms. The second-order valence-electron chi connectivity index (χ2n) is 11.8. The molecular formula is C26H46N2O. The molecule has 0 N–H and O–H groups in total. The third kappa shape index (κ3) is 4.76. The molecule has 0 radical (unpaired) electrons. The van der Waals surface area contributed by atoms with E-state index in [1.807, 2.05) is 0 Å². The van der Waals surface area contributed by atoms with Gasteiger partial charge in [0.15, 0.2) is 0 Å². The molecule has 2 aliphatic carbocycles. The van der Waals surface area contributed by atoms with Gasteiger partial charge in [-0.1, -0.05) is 27.7 Å². The van der Waals surface area contributed by atoms with E-state index in [4.69, 9.17) is 0 Å². The zero-order valence-corrected chi connectivity index (χ0v) is 19.7. The monoisotopic (exact) mass is 402 g/mol. The molecule has 2 saturated carbocycles. The predicted octanol–water partition coefficient (Wildman–Crippen LogP) is 5.38. The van der Waals surface area contributed by atoms with E-state index >= 15 is 0 Å². The maximum atomic E-state index is 12.3. The Hall–Kier alpha value is -0.410. The van der Waals surface area contributed by atoms with Gasteiger partial charge in [0, 0.05) is 23.9 Å². The van der Waals surface area contributed by atoms with E-state index in [2.05, 4.69) is 37.5 Å². The van der Waals surface area contributed by atoms with Crippen molar-refractivity contribution in [1.82, 2.24) is 9.80 Å². The lowest BCUT2D eigenvalue weighted by atomic mass is 9.53. The molecule has 4 rings (SSSR count). The van der Waals surface area contributed by atoms with Gasteiger partial charge < -0.3 is 9.80 Å². The molecule has 1 spiro atoms. The van der Waals surface area contributed by atoms with Gasteiger partial charge in [0.2, 0.25) is 0 Å². The van der Waals surface area contributed by atoms with Gasteiger partial charge in [-0.05, 0) is 108 Å². The predicted molar refractivity (Wildman–Crippen MR) is 121 cm³/mol. The Bertz CT molecular complexity index is 539. The average Bonchev–Trinajstić information content (AvgIpc) is 2.72. The summed E-state index contributed by atoms with van der Waals surface area (Å²) in [6.07, 6.45) is 13.5. The van der Waals surface area contributed by atoms with E-state index in [9.17, 15) is 4.79 Å². The van der Waals surface area contributed by atoms with Gasteiger partial charge in [-0.2, -0.15) is 0 Å². The molecule has 0 atom stereocenters. The first kappa shape index (κ1) is 21.8. The van der Waals surface area contributed by atoms with Gasteiger partial charge >= 0.3 is 0 Å². The molecule has 0 aromatic heterocycles. The molecule has 2 heterocycles. The van der Waals surface area contributed by atoms with Gasteiger partial charge in [0.25, 0.3) is 0 Å². The summed E-state index contributed by atoms with van der Waals surface area (Å²) in [6, 6.07) is 1.68. The fourth-order valence-electron chi connectivity index (χ4n) is 7.21. The summed E-state index contributed by atoms with van der Waals surface area (Å²) >= 11 is 0. The standard InChI is InChI=1S/C26H46N2O/c1-19(2)21-7-13-27(14-8-21)24-9-15-28(16-10-24)23-5-11-26(12-6-23)17-22(18-26)25(29)20(3)4/h19-24H,5-18H2,1-4H3. The van der Waals surface area contributed by atoms with Crippen LogP contribution in [0.2, 0.25) is 0 Å². The zero-order chi connectivity index (χ0) is 20.6. The number of nitrogens with zero attached hydrogens (tertiary/aromatic N) is 2. The van der Waals surface area contributed by atoms with Crippen molar-refractivity contribution in [2.45, 2.75) is 104 Å². The number of Topliss-reactive ketones (excluding diaryl/α,β-unsaturated/α-hetero) is 1. The second-order valence-corrected chi connectivity index (χ2v) is 11.8. The highest BCUT2D eigenvalue weighted by Crippen LogP contribution is 2.56. The molecule has 166 valence electrons. The lowest BCUT2D eigenvalue weighted by Crippen LogP contribution is -2.52. The highest BCUT2D eigenvalue weighted by Gasteiger charge is 2.49. The van der Waals surface area contributed by atoms with Crippen LogP contribution in [0.1, 0.15) is 91.9 Å². The third-order valence-electron chi connectivity index (χ3n) is 9.39. The van der Waals surface area contributed by atoms with E-state index in [-0.39, 0.29) is 5.92 Å². The number of ketones is 1. The van der Waals surface area contributed by atoms with Crippen LogP contribution in [0.25, 0.3) is 0 Å². The number of piperidine rings is 2. The molecule has 2 saturated heterocycles. The normalized spacial score (nSPS) is 36.1. The number of rotatable bonds is 5. The average molecular weight is 403 g/mol. The molecule has 4 fully saturated rings. The smallest absolute Gasteiger partial charge is 0.138 e. The molecule has 0 unspecified atom stereocenters. The summed E-state index contributed by atoms with van der Waals surface area (Å²) in [4.78, 5) is 17.9. The van der Waals surface area contributed by atoms with Crippen LogP contribution in [0.15, 0.2) is 0 Å². The number of hydrogen-bond acceptors (Lipinski definition) is 3. The molecule has 0 amide bonds. The van der Waals surface area contributed by atoms with Crippen molar-refractivity contribution in [1.29, 1.82) is 0 Å². The lowest BCUT2D eigenvalue weighted by molar-refractivity contribution is -0.135. The Balaban J connectivity index is 1.17. The summed E-state index contributed by atoms with van der Waals surface area (Å²) < 4.78 is 0. The van der Waals surface area contributed by atoms with Crippen molar-refractivity contribution in [2.24, 2.45) is 29.1 Å². The number of carbonyl (C=O) groups is 1. The fourth-order valence-corrected chi connectivity index (χ4v) is 7.21. The molecule has 0 aromatic carbocycles. The number of hydrogen-bond donors (Lipinski definition) is 0. The van der Waals surface area contributed by atoms with Gasteiger partial charge in [-0.25, -0.2) is 0 Å². The van der Waals surface area contributed by atoms with Crippen LogP contribution < -0.4 is 0 Å². The minimum atomic E-state index is 0.228. The van der Waals surface area contributed by atoms with Crippen molar-refractivity contribution in [3.8, 4) is 0 Å². The Labute approximate surface area is 180 Å². The van der Waals surface area contributed by atoms with E-state index in [0.717, 1.165) is 23.9 Å². The van der Waals surface area contributed by atoms with E-state index < -0.39 is 0 Å². The van der Waals surface area contributed by atoms with Crippen LogP contribution in [0, 0.1) is 29.1 Å². The van der Waals surface area contributed by atoms with Gasteiger partial charge in [0.1, 0.15) is 5.78 Å². The first-order chi connectivity index (χ1) is 13.9. The highest BCUT2D eigenvalue weighted by molar-refractivity contribution is 5.83. The summed E-state index contributed by atoms with van der Waals surface area (Å²) in [5.41, 5.74) is 0.546. The van der Waals surface area contributed by atoms with Crippen molar-refractivity contribution in [3.63, 3.8) is 0 Å². The fraction of sp³-hybridized carbons (Fsp3) is 0.962. The summed E-state index contributed by atoms with van der Waals surface area (Å²) in [5, 5.41) is 0. The van der Waals surface area contributed by atoms with E-state index in [1.54, 1.807) is 0 Å². The highest BCUT2D eigenvalue weighted by atomic mass is 16.1. The number of carbonyl (C=O) groups excluding carboxylic acids is 1. The van der Waals surface area contributed by atoms with Crippen LogP contribution in [-0.2, 0) is 4.79 Å². The molecule has 0 bridgehead atoms. The largest absolute Gasteiger partial charge is 0.300 e. The molecule has 3 heteroatoms. The van der Waals surface area contributed by atoms with E-state index in [1.165, 1.54) is 90.4 Å². The van der Waals surface area contributed by atoms with Crippen molar-refractivity contribution in [2.75, 3.05) is 26.2 Å². The molecular weight excluding hydrogens is 356 g/mol. The first-order valence-electron chi connectivity index (χ1n) is 12.9. The van der Waals surface area contributed by atoms with Crippen molar-refractivity contribution >= 4 is 5.78 Å². The summed E-state index contributed by atoms with van der Waals surface area (Å²) in [5.74, 6) is 2.97. The van der Waals surface area contributed by atoms with Crippen LogP contribution in [-0.4, -0.2) is 53.8 Å². The van der Waals surface area contributed by atoms with Crippen LogP contribution in [0.3, 0.4) is 0 Å². The maximum Gasteiger partial charge on any atom is 0.138 e. The Morgan fingerprint density at radius 3 is 1.72 bits per heavy atom. The molecule has 0 aromatic rings. The second kappa shape index (κ2) is 8.99. The maximum absolute atomic E-state index is 12.3. The van der Waals surface area contributed by atoms with Crippen LogP contribution in [0.4, 0.5) is 0 Å². The topological polar surface area (TPSA) is 23.6 Å². The lowest BCUT2D eigenvalue weighted by Gasteiger charge is -2.53. The van der Waals surface area contributed by atoms with E-state index in [0.29, 0.717) is 17.1 Å². The third-order valence-corrected chi connectivity index (χ3v) is 9.39. The summed E-state index contributed by atoms with van der Waals surface area (Å²) in [6.45, 7) is 14.3. The van der Waals surface area contributed by atoms with Gasteiger partial charge in [-0.3, -0.25) is 4.79 Å². The Kier molecular flexibility index (Phi) is 6.76. The first-order valence-corrected chi connectivity index (χ1v) is 12.9. The van der Waals surface area contributed by atoms with Crippen LogP contribution in [0.5, 0.6) is 0 Å². The molecule has 3 nitrogen and oxygen atoms in total. The Morgan fingerprint density at radius 2 is 1.24 bits per heavy atom. The van der Waals surface area contributed by atoms with Crippen molar-refractivity contribution < 1.29 is 4.79 Å². The minimum Gasteiger partial charge on any atom is -0.300 e. The van der Waals surface area contributed by atoms with Crippen molar-refractivity contribution in [3.05, 3.63) is 0 Å². The summed E-state index contributed by atoms with van der Waals surface area (Å²) in [7, 11) is 0. The molecule has 4 aliphatic rings.